The number of hydrogen-bond donors (Lipinski definition) is 0. The standard InChI is InChI=1S/C12H26O/c1-10(2)7-8-12(5,13-6)9-11(3)4/h10-11H,7-9H2,1-6H3. The van der Waals surface area contributed by atoms with Crippen LogP contribution in [0.15, 0.2) is 0 Å². The maximum absolute atomic E-state index is 5.60. The summed E-state index contributed by atoms with van der Waals surface area (Å²) in [6, 6.07) is 0. The van der Waals surface area contributed by atoms with Crippen molar-refractivity contribution in [2.75, 3.05) is 7.11 Å². The molecule has 0 amide bonds. The maximum Gasteiger partial charge on any atom is 0.0653 e. The van der Waals surface area contributed by atoms with Crippen molar-refractivity contribution in [2.24, 2.45) is 11.8 Å². The summed E-state index contributed by atoms with van der Waals surface area (Å²) in [5, 5.41) is 0. The molecule has 1 heteroatoms. The van der Waals surface area contributed by atoms with Crippen molar-refractivity contribution in [1.29, 1.82) is 0 Å². The third-order valence-corrected chi connectivity index (χ3v) is 2.58. The van der Waals surface area contributed by atoms with E-state index in [9.17, 15) is 0 Å². The first-order valence-corrected chi connectivity index (χ1v) is 5.45. The molecule has 0 fully saturated rings. The lowest BCUT2D eigenvalue weighted by molar-refractivity contribution is -0.0210. The molecule has 0 aromatic rings. The van der Waals surface area contributed by atoms with Gasteiger partial charge in [0.05, 0.1) is 5.60 Å². The minimum Gasteiger partial charge on any atom is -0.379 e. The Labute approximate surface area is 83.9 Å². The molecule has 1 atom stereocenters. The summed E-state index contributed by atoms with van der Waals surface area (Å²) in [4.78, 5) is 0. The highest BCUT2D eigenvalue weighted by atomic mass is 16.5. The van der Waals surface area contributed by atoms with Crippen LogP contribution in [0.4, 0.5) is 0 Å². The summed E-state index contributed by atoms with van der Waals surface area (Å²) >= 11 is 0. The van der Waals surface area contributed by atoms with Gasteiger partial charge in [-0.05, 0) is 38.0 Å². The molecule has 1 unspecified atom stereocenters. The van der Waals surface area contributed by atoms with Crippen molar-refractivity contribution in [1.82, 2.24) is 0 Å². The molecule has 0 saturated heterocycles. The Bertz CT molecular complexity index is 129. The predicted molar refractivity (Wildman–Crippen MR) is 58.9 cm³/mol. The summed E-state index contributed by atoms with van der Waals surface area (Å²) in [5.41, 5.74) is 0.0957. The zero-order chi connectivity index (χ0) is 10.5. The van der Waals surface area contributed by atoms with E-state index < -0.39 is 0 Å². The van der Waals surface area contributed by atoms with E-state index in [0.717, 1.165) is 18.3 Å². The lowest BCUT2D eigenvalue weighted by atomic mass is 9.87. The van der Waals surface area contributed by atoms with Crippen LogP contribution in [0.5, 0.6) is 0 Å². The molecule has 0 aliphatic carbocycles. The molecule has 0 rings (SSSR count). The van der Waals surface area contributed by atoms with Crippen LogP contribution in [0.25, 0.3) is 0 Å². The number of methoxy groups -OCH3 is 1. The van der Waals surface area contributed by atoms with Crippen LogP contribution in [0, 0.1) is 11.8 Å². The minimum atomic E-state index is 0.0957. The van der Waals surface area contributed by atoms with Crippen molar-refractivity contribution in [3.8, 4) is 0 Å². The van der Waals surface area contributed by atoms with Gasteiger partial charge >= 0.3 is 0 Å². The van der Waals surface area contributed by atoms with Gasteiger partial charge in [-0.15, -0.1) is 0 Å². The molecule has 0 radical (unpaired) electrons. The molecular formula is C12H26O. The van der Waals surface area contributed by atoms with Gasteiger partial charge in [0.25, 0.3) is 0 Å². The summed E-state index contributed by atoms with van der Waals surface area (Å²) in [7, 11) is 1.84. The second-order valence-electron chi connectivity index (χ2n) is 5.18. The van der Waals surface area contributed by atoms with Gasteiger partial charge in [-0.1, -0.05) is 27.7 Å². The summed E-state index contributed by atoms with van der Waals surface area (Å²) < 4.78 is 5.60. The fourth-order valence-electron chi connectivity index (χ4n) is 1.75. The monoisotopic (exact) mass is 186 g/mol. The van der Waals surface area contributed by atoms with E-state index >= 15 is 0 Å². The van der Waals surface area contributed by atoms with Gasteiger partial charge < -0.3 is 4.74 Å². The van der Waals surface area contributed by atoms with Crippen molar-refractivity contribution in [3.05, 3.63) is 0 Å². The minimum absolute atomic E-state index is 0.0957. The maximum atomic E-state index is 5.60. The van der Waals surface area contributed by atoms with Crippen molar-refractivity contribution < 1.29 is 4.74 Å². The van der Waals surface area contributed by atoms with Crippen molar-refractivity contribution in [2.45, 2.75) is 59.5 Å². The molecule has 0 N–H and O–H groups in total. The van der Waals surface area contributed by atoms with Gasteiger partial charge in [-0.2, -0.15) is 0 Å². The first-order valence-electron chi connectivity index (χ1n) is 5.45. The fourth-order valence-corrected chi connectivity index (χ4v) is 1.75. The Morgan fingerprint density at radius 1 is 1.08 bits per heavy atom. The second-order valence-corrected chi connectivity index (χ2v) is 5.18. The van der Waals surface area contributed by atoms with Gasteiger partial charge in [0.1, 0.15) is 0 Å². The van der Waals surface area contributed by atoms with E-state index in [4.69, 9.17) is 4.74 Å². The normalized spacial score (nSPS) is 16.6. The molecule has 0 bridgehead atoms. The SMILES string of the molecule is COC(C)(CCC(C)C)CC(C)C. The van der Waals surface area contributed by atoms with Gasteiger partial charge in [0.15, 0.2) is 0 Å². The fraction of sp³-hybridized carbons (Fsp3) is 1.00. The molecule has 13 heavy (non-hydrogen) atoms. The third kappa shape index (κ3) is 6.09. The number of rotatable bonds is 6. The average Bonchev–Trinajstić information content (AvgIpc) is 2.00. The predicted octanol–water partition coefficient (Wildman–Crippen LogP) is 3.87. The van der Waals surface area contributed by atoms with E-state index in [1.807, 2.05) is 7.11 Å². The van der Waals surface area contributed by atoms with Gasteiger partial charge in [0.2, 0.25) is 0 Å². The Balaban J connectivity index is 3.96. The largest absolute Gasteiger partial charge is 0.379 e. The van der Waals surface area contributed by atoms with Crippen LogP contribution in [0.2, 0.25) is 0 Å². The summed E-state index contributed by atoms with van der Waals surface area (Å²) in [5.74, 6) is 1.50. The summed E-state index contributed by atoms with van der Waals surface area (Å²) in [6.45, 7) is 11.3. The van der Waals surface area contributed by atoms with Crippen LogP contribution >= 0.6 is 0 Å². The highest BCUT2D eigenvalue weighted by molar-refractivity contribution is 4.76. The van der Waals surface area contributed by atoms with Gasteiger partial charge in [0, 0.05) is 7.11 Å². The Morgan fingerprint density at radius 3 is 1.92 bits per heavy atom. The Morgan fingerprint density at radius 2 is 1.62 bits per heavy atom. The van der Waals surface area contributed by atoms with Gasteiger partial charge in [-0.25, -0.2) is 0 Å². The lowest BCUT2D eigenvalue weighted by Gasteiger charge is -2.30. The van der Waals surface area contributed by atoms with E-state index in [1.54, 1.807) is 0 Å². The molecule has 0 aromatic carbocycles. The average molecular weight is 186 g/mol. The molecule has 0 aromatic heterocycles. The zero-order valence-electron chi connectivity index (χ0n) is 10.2. The molecule has 0 saturated carbocycles. The van der Waals surface area contributed by atoms with Gasteiger partial charge in [-0.3, -0.25) is 0 Å². The number of hydrogen-bond acceptors (Lipinski definition) is 1. The van der Waals surface area contributed by atoms with E-state index in [1.165, 1.54) is 12.8 Å². The highest BCUT2D eigenvalue weighted by Crippen LogP contribution is 2.26. The van der Waals surface area contributed by atoms with Crippen LogP contribution in [-0.4, -0.2) is 12.7 Å². The smallest absolute Gasteiger partial charge is 0.0653 e. The van der Waals surface area contributed by atoms with E-state index in [-0.39, 0.29) is 5.60 Å². The molecular weight excluding hydrogens is 160 g/mol. The van der Waals surface area contributed by atoms with Crippen LogP contribution in [-0.2, 0) is 4.74 Å². The molecule has 0 aliphatic rings. The van der Waals surface area contributed by atoms with Crippen molar-refractivity contribution >= 4 is 0 Å². The first-order chi connectivity index (χ1) is 5.89. The van der Waals surface area contributed by atoms with Crippen molar-refractivity contribution in [3.63, 3.8) is 0 Å². The van der Waals surface area contributed by atoms with Crippen LogP contribution < -0.4 is 0 Å². The third-order valence-electron chi connectivity index (χ3n) is 2.58. The molecule has 0 spiro atoms. The summed E-state index contributed by atoms with van der Waals surface area (Å²) in [6.07, 6.45) is 3.60. The quantitative estimate of drug-likeness (QED) is 0.612. The Hall–Kier alpha value is -0.0400. The Kier molecular flexibility index (Phi) is 5.62. The lowest BCUT2D eigenvalue weighted by Crippen LogP contribution is -2.29. The number of ether oxygens (including phenoxy) is 1. The van der Waals surface area contributed by atoms with Crippen LogP contribution in [0.3, 0.4) is 0 Å². The highest BCUT2D eigenvalue weighted by Gasteiger charge is 2.24. The molecule has 0 heterocycles. The van der Waals surface area contributed by atoms with E-state index in [0.29, 0.717) is 0 Å². The molecule has 80 valence electrons. The molecule has 0 aliphatic heterocycles. The molecule has 1 nitrogen and oxygen atoms in total. The zero-order valence-corrected chi connectivity index (χ0v) is 10.2. The van der Waals surface area contributed by atoms with E-state index in [2.05, 4.69) is 34.6 Å². The second kappa shape index (κ2) is 5.64. The first kappa shape index (κ1) is 13.0. The topological polar surface area (TPSA) is 9.23 Å². The van der Waals surface area contributed by atoms with Crippen LogP contribution in [0.1, 0.15) is 53.9 Å².